The zero-order valence-electron chi connectivity index (χ0n) is 14.3. The summed E-state index contributed by atoms with van der Waals surface area (Å²) in [4.78, 5) is 14.6. The third-order valence-corrected chi connectivity index (χ3v) is 6.08. The van der Waals surface area contributed by atoms with Crippen LogP contribution in [0.15, 0.2) is 36.4 Å². The third-order valence-electron chi connectivity index (χ3n) is 4.00. The van der Waals surface area contributed by atoms with Gasteiger partial charge < -0.3 is 19.7 Å². The molecule has 1 unspecified atom stereocenters. The molecule has 0 radical (unpaired) electrons. The number of carbonyl (C=O) groups excluding carboxylic acids is 1. The molecule has 0 aliphatic carbocycles. The third kappa shape index (κ3) is 3.98. The minimum Gasteiger partial charge on any atom is -0.497 e. The number of hydrogen-bond donors (Lipinski definition) is 1. The van der Waals surface area contributed by atoms with Crippen LogP contribution in [0.5, 0.6) is 11.5 Å². The molecule has 26 heavy (non-hydrogen) atoms. The molecule has 2 amide bonds. The summed E-state index contributed by atoms with van der Waals surface area (Å²) in [6, 6.07) is 10.5. The van der Waals surface area contributed by atoms with Crippen molar-refractivity contribution in [2.24, 2.45) is 0 Å². The Hall–Kier alpha value is -1.76. The number of benzene rings is 2. The molecule has 1 fully saturated rings. The summed E-state index contributed by atoms with van der Waals surface area (Å²) in [6.45, 7) is 0.624. The summed E-state index contributed by atoms with van der Waals surface area (Å²) in [7, 11) is 3.21. The van der Waals surface area contributed by atoms with Crippen molar-refractivity contribution < 1.29 is 14.3 Å². The zero-order valence-corrected chi connectivity index (χ0v) is 16.6. The van der Waals surface area contributed by atoms with Crippen molar-refractivity contribution in [3.05, 3.63) is 52.0 Å². The van der Waals surface area contributed by atoms with Gasteiger partial charge in [-0.3, -0.25) is 0 Å². The molecule has 0 bridgehead atoms. The molecular formula is C18H18Cl2N2O3S. The van der Waals surface area contributed by atoms with Crippen LogP contribution >= 0.6 is 35.0 Å². The number of carbonyl (C=O) groups is 1. The molecule has 1 atom stereocenters. The van der Waals surface area contributed by atoms with Crippen LogP contribution in [-0.2, 0) is 0 Å². The predicted molar refractivity (Wildman–Crippen MR) is 107 cm³/mol. The van der Waals surface area contributed by atoms with E-state index in [-0.39, 0.29) is 11.4 Å². The normalized spacial score (nSPS) is 16.5. The minimum atomic E-state index is -0.231. The van der Waals surface area contributed by atoms with Gasteiger partial charge in [0, 0.05) is 18.4 Å². The Labute approximate surface area is 166 Å². The van der Waals surface area contributed by atoms with E-state index in [1.54, 1.807) is 55.1 Å². The van der Waals surface area contributed by atoms with E-state index in [4.69, 9.17) is 32.7 Å². The van der Waals surface area contributed by atoms with Crippen molar-refractivity contribution in [2.75, 3.05) is 31.8 Å². The summed E-state index contributed by atoms with van der Waals surface area (Å²) in [5, 5.41) is 3.43. The van der Waals surface area contributed by atoms with Crippen molar-refractivity contribution in [1.29, 1.82) is 0 Å². The van der Waals surface area contributed by atoms with E-state index in [1.165, 1.54) is 0 Å². The summed E-state index contributed by atoms with van der Waals surface area (Å²) in [5.74, 6) is 2.20. The molecule has 1 aliphatic rings. The highest BCUT2D eigenvalue weighted by Crippen LogP contribution is 2.41. The van der Waals surface area contributed by atoms with E-state index in [0.29, 0.717) is 33.8 Å². The molecule has 1 heterocycles. The van der Waals surface area contributed by atoms with Gasteiger partial charge in [-0.1, -0.05) is 29.3 Å². The summed E-state index contributed by atoms with van der Waals surface area (Å²) in [5.41, 5.74) is 1.43. The molecule has 3 rings (SSSR count). The molecule has 138 valence electrons. The van der Waals surface area contributed by atoms with Gasteiger partial charge in [0.15, 0.2) is 0 Å². The number of thioether (sulfide) groups is 1. The van der Waals surface area contributed by atoms with Gasteiger partial charge in [-0.15, -0.1) is 11.8 Å². The van der Waals surface area contributed by atoms with Crippen LogP contribution in [0.25, 0.3) is 0 Å². The maximum atomic E-state index is 12.8. The van der Waals surface area contributed by atoms with E-state index >= 15 is 0 Å². The number of rotatable bonds is 4. The SMILES string of the molecule is COc1cc(OC)cc(C2SCCN2C(=O)Nc2cccc(Cl)c2Cl)c1. The number of nitrogens with one attached hydrogen (secondary N) is 1. The fraction of sp³-hybridized carbons (Fsp3) is 0.278. The highest BCUT2D eigenvalue weighted by Gasteiger charge is 2.31. The van der Waals surface area contributed by atoms with E-state index in [0.717, 1.165) is 11.3 Å². The molecule has 1 N–H and O–H groups in total. The lowest BCUT2D eigenvalue weighted by atomic mass is 10.2. The first-order valence-corrected chi connectivity index (χ1v) is 9.70. The molecule has 0 spiro atoms. The Morgan fingerprint density at radius 1 is 1.19 bits per heavy atom. The Kier molecular flexibility index (Phi) is 6.06. The molecule has 2 aromatic rings. The predicted octanol–water partition coefficient (Wildman–Crippen LogP) is 5.29. The number of amides is 2. The average molecular weight is 413 g/mol. The first-order chi connectivity index (χ1) is 12.5. The lowest BCUT2D eigenvalue weighted by Crippen LogP contribution is -2.34. The monoisotopic (exact) mass is 412 g/mol. The fourth-order valence-corrected chi connectivity index (χ4v) is 4.30. The Bertz CT molecular complexity index is 797. The van der Waals surface area contributed by atoms with Crippen LogP contribution in [0.1, 0.15) is 10.9 Å². The number of ether oxygens (including phenoxy) is 2. The number of hydrogen-bond acceptors (Lipinski definition) is 4. The molecule has 1 saturated heterocycles. The highest BCUT2D eigenvalue weighted by molar-refractivity contribution is 7.99. The van der Waals surface area contributed by atoms with Gasteiger partial charge in [-0.05, 0) is 29.8 Å². The largest absolute Gasteiger partial charge is 0.497 e. The van der Waals surface area contributed by atoms with Crippen molar-refractivity contribution >= 4 is 46.7 Å². The lowest BCUT2D eigenvalue weighted by molar-refractivity contribution is 0.214. The summed E-state index contributed by atoms with van der Waals surface area (Å²) < 4.78 is 10.7. The van der Waals surface area contributed by atoms with Crippen LogP contribution in [0.2, 0.25) is 10.0 Å². The number of urea groups is 1. The molecule has 0 aromatic heterocycles. The topological polar surface area (TPSA) is 50.8 Å². The maximum Gasteiger partial charge on any atom is 0.323 e. The van der Waals surface area contributed by atoms with Gasteiger partial charge in [-0.2, -0.15) is 0 Å². The van der Waals surface area contributed by atoms with Gasteiger partial charge in [0.05, 0.1) is 30.0 Å². The summed E-state index contributed by atoms with van der Waals surface area (Å²) >= 11 is 13.9. The molecule has 1 aliphatic heterocycles. The first-order valence-electron chi connectivity index (χ1n) is 7.89. The molecular weight excluding hydrogens is 395 g/mol. The van der Waals surface area contributed by atoms with Gasteiger partial charge >= 0.3 is 6.03 Å². The second-order valence-corrected chi connectivity index (χ2v) is 7.57. The van der Waals surface area contributed by atoms with Crippen LogP contribution in [-0.4, -0.2) is 37.4 Å². The van der Waals surface area contributed by atoms with Gasteiger partial charge in [0.2, 0.25) is 0 Å². The molecule has 5 nitrogen and oxygen atoms in total. The van der Waals surface area contributed by atoms with Crippen molar-refractivity contribution in [2.45, 2.75) is 5.37 Å². The van der Waals surface area contributed by atoms with E-state index in [9.17, 15) is 4.79 Å². The second kappa shape index (κ2) is 8.29. The van der Waals surface area contributed by atoms with Crippen LogP contribution in [0.4, 0.5) is 10.5 Å². The standard InChI is InChI=1S/C18H18Cl2N2O3S/c1-24-12-8-11(9-13(10-12)25-2)17-22(6-7-26-17)18(23)21-15-5-3-4-14(19)16(15)20/h3-5,8-10,17H,6-7H2,1-2H3,(H,21,23). The maximum absolute atomic E-state index is 12.8. The van der Waals surface area contributed by atoms with Gasteiger partial charge in [0.1, 0.15) is 16.9 Å². The number of nitrogens with zero attached hydrogens (tertiary/aromatic N) is 1. The Morgan fingerprint density at radius 3 is 2.54 bits per heavy atom. The quantitative estimate of drug-likeness (QED) is 0.740. The van der Waals surface area contributed by atoms with E-state index < -0.39 is 0 Å². The van der Waals surface area contributed by atoms with Crippen molar-refractivity contribution in [1.82, 2.24) is 4.90 Å². The van der Waals surface area contributed by atoms with Gasteiger partial charge in [0.25, 0.3) is 0 Å². The zero-order chi connectivity index (χ0) is 18.7. The van der Waals surface area contributed by atoms with Crippen molar-refractivity contribution in [3.8, 4) is 11.5 Å². The smallest absolute Gasteiger partial charge is 0.323 e. The average Bonchev–Trinajstić information content (AvgIpc) is 3.15. The highest BCUT2D eigenvalue weighted by atomic mass is 35.5. The van der Waals surface area contributed by atoms with Crippen LogP contribution in [0, 0.1) is 0 Å². The fourth-order valence-electron chi connectivity index (χ4n) is 2.71. The second-order valence-electron chi connectivity index (χ2n) is 5.59. The molecule has 0 saturated carbocycles. The summed E-state index contributed by atoms with van der Waals surface area (Å²) in [6.07, 6.45) is 0. The Morgan fingerprint density at radius 2 is 1.88 bits per heavy atom. The minimum absolute atomic E-state index is 0.142. The first kappa shape index (κ1) is 19.0. The van der Waals surface area contributed by atoms with Crippen molar-refractivity contribution in [3.63, 3.8) is 0 Å². The Balaban J connectivity index is 1.84. The van der Waals surface area contributed by atoms with Gasteiger partial charge in [-0.25, -0.2) is 4.79 Å². The number of methoxy groups -OCH3 is 2. The van der Waals surface area contributed by atoms with Crippen LogP contribution < -0.4 is 14.8 Å². The lowest BCUT2D eigenvalue weighted by Gasteiger charge is -2.25. The van der Waals surface area contributed by atoms with E-state index in [2.05, 4.69) is 5.32 Å². The van der Waals surface area contributed by atoms with Crippen LogP contribution in [0.3, 0.4) is 0 Å². The number of halogens is 2. The molecule has 8 heteroatoms. The number of anilines is 1. The van der Waals surface area contributed by atoms with E-state index in [1.807, 2.05) is 12.1 Å². The molecule has 2 aromatic carbocycles.